The average molecular weight is 275 g/mol. The van der Waals surface area contributed by atoms with Crippen molar-refractivity contribution in [3.8, 4) is 0 Å². The standard InChI is InChI=1S/C15H25N5/c1-11(2)13-14(16-3)17-10-18-15(13)20-8-7-19-6-4-5-12(19)9-20/h10-12H,4-9H2,1-3H3,(H,16,17,18). The van der Waals surface area contributed by atoms with Crippen molar-refractivity contribution >= 4 is 11.6 Å². The summed E-state index contributed by atoms with van der Waals surface area (Å²) in [6.45, 7) is 9.07. The second-order valence-corrected chi connectivity index (χ2v) is 6.14. The molecule has 0 bridgehead atoms. The third kappa shape index (κ3) is 2.35. The molecule has 0 aromatic carbocycles. The van der Waals surface area contributed by atoms with Gasteiger partial charge in [-0.25, -0.2) is 9.97 Å². The molecule has 1 unspecified atom stereocenters. The van der Waals surface area contributed by atoms with Crippen molar-refractivity contribution in [2.45, 2.75) is 38.6 Å². The van der Waals surface area contributed by atoms with Crippen LogP contribution in [-0.4, -0.2) is 54.1 Å². The second kappa shape index (κ2) is 5.56. The first-order chi connectivity index (χ1) is 9.70. The SMILES string of the molecule is CNc1ncnc(N2CCN3CCCC3C2)c1C(C)C. The number of piperazine rings is 1. The summed E-state index contributed by atoms with van der Waals surface area (Å²) in [6.07, 6.45) is 4.37. The fourth-order valence-electron chi connectivity index (χ4n) is 3.55. The first kappa shape index (κ1) is 13.6. The van der Waals surface area contributed by atoms with Gasteiger partial charge >= 0.3 is 0 Å². The summed E-state index contributed by atoms with van der Waals surface area (Å²) in [4.78, 5) is 14.1. The predicted octanol–water partition coefficient (Wildman–Crippen LogP) is 1.93. The van der Waals surface area contributed by atoms with Gasteiger partial charge in [0, 0.05) is 38.3 Å². The highest BCUT2D eigenvalue weighted by molar-refractivity contribution is 5.60. The van der Waals surface area contributed by atoms with Gasteiger partial charge in [-0.05, 0) is 25.3 Å². The number of hydrogen-bond donors (Lipinski definition) is 1. The zero-order valence-electron chi connectivity index (χ0n) is 12.8. The fourth-order valence-corrected chi connectivity index (χ4v) is 3.55. The van der Waals surface area contributed by atoms with Crippen LogP contribution in [0.25, 0.3) is 0 Å². The van der Waals surface area contributed by atoms with Crippen LogP contribution in [0.3, 0.4) is 0 Å². The van der Waals surface area contributed by atoms with Gasteiger partial charge in [0.05, 0.1) is 0 Å². The smallest absolute Gasteiger partial charge is 0.137 e. The summed E-state index contributed by atoms with van der Waals surface area (Å²) in [5.41, 5.74) is 1.25. The lowest BCUT2D eigenvalue weighted by atomic mass is 10.0. The quantitative estimate of drug-likeness (QED) is 0.913. The molecule has 1 atom stereocenters. The summed E-state index contributed by atoms with van der Waals surface area (Å²) in [5.74, 6) is 2.53. The van der Waals surface area contributed by atoms with Crippen LogP contribution in [0.4, 0.5) is 11.6 Å². The number of nitrogens with zero attached hydrogens (tertiary/aromatic N) is 4. The van der Waals surface area contributed by atoms with Crippen molar-refractivity contribution in [1.29, 1.82) is 0 Å². The normalized spacial score (nSPS) is 23.2. The van der Waals surface area contributed by atoms with Gasteiger partial charge < -0.3 is 10.2 Å². The largest absolute Gasteiger partial charge is 0.373 e. The van der Waals surface area contributed by atoms with E-state index in [0.29, 0.717) is 5.92 Å². The molecule has 2 saturated heterocycles. The van der Waals surface area contributed by atoms with Gasteiger partial charge in [0.15, 0.2) is 0 Å². The molecule has 0 saturated carbocycles. The van der Waals surface area contributed by atoms with Gasteiger partial charge in [0.2, 0.25) is 0 Å². The van der Waals surface area contributed by atoms with Gasteiger partial charge in [0.1, 0.15) is 18.0 Å². The number of hydrogen-bond acceptors (Lipinski definition) is 5. The van der Waals surface area contributed by atoms with Crippen LogP contribution in [0.1, 0.15) is 38.2 Å². The highest BCUT2D eigenvalue weighted by Crippen LogP contribution is 2.33. The van der Waals surface area contributed by atoms with Crippen LogP contribution in [0, 0.1) is 0 Å². The predicted molar refractivity (Wildman–Crippen MR) is 82.5 cm³/mol. The Kier molecular flexibility index (Phi) is 3.78. The lowest BCUT2D eigenvalue weighted by molar-refractivity contribution is 0.230. The molecule has 2 aliphatic heterocycles. The molecular weight excluding hydrogens is 250 g/mol. The van der Waals surface area contributed by atoms with Crippen molar-refractivity contribution in [2.24, 2.45) is 0 Å². The summed E-state index contributed by atoms with van der Waals surface area (Å²) in [6, 6.07) is 0.719. The molecule has 0 amide bonds. The highest BCUT2D eigenvalue weighted by atomic mass is 15.3. The third-order valence-electron chi connectivity index (χ3n) is 4.56. The van der Waals surface area contributed by atoms with Crippen LogP contribution < -0.4 is 10.2 Å². The lowest BCUT2D eigenvalue weighted by Gasteiger charge is -2.39. The van der Waals surface area contributed by atoms with E-state index in [9.17, 15) is 0 Å². The van der Waals surface area contributed by atoms with E-state index < -0.39 is 0 Å². The molecule has 2 fully saturated rings. The molecule has 3 rings (SSSR count). The summed E-state index contributed by atoms with van der Waals surface area (Å²) < 4.78 is 0. The van der Waals surface area contributed by atoms with Crippen LogP contribution in [0.5, 0.6) is 0 Å². The highest BCUT2D eigenvalue weighted by Gasteiger charge is 2.32. The Balaban J connectivity index is 1.89. The summed E-state index contributed by atoms with van der Waals surface area (Å²) >= 11 is 0. The molecule has 5 nitrogen and oxygen atoms in total. The van der Waals surface area contributed by atoms with Crippen LogP contribution >= 0.6 is 0 Å². The van der Waals surface area contributed by atoms with Crippen LogP contribution in [-0.2, 0) is 0 Å². The van der Waals surface area contributed by atoms with Gasteiger partial charge in [-0.1, -0.05) is 13.8 Å². The first-order valence-corrected chi connectivity index (χ1v) is 7.72. The van der Waals surface area contributed by atoms with Crippen molar-refractivity contribution in [2.75, 3.05) is 43.4 Å². The Morgan fingerprint density at radius 2 is 2.10 bits per heavy atom. The first-order valence-electron chi connectivity index (χ1n) is 7.72. The minimum atomic E-state index is 0.426. The number of fused-ring (bicyclic) bond motifs is 1. The summed E-state index contributed by atoms with van der Waals surface area (Å²) in [5, 5.41) is 3.21. The van der Waals surface area contributed by atoms with E-state index in [0.717, 1.165) is 30.8 Å². The Hall–Kier alpha value is -1.36. The van der Waals surface area contributed by atoms with Gasteiger partial charge in [-0.15, -0.1) is 0 Å². The maximum atomic E-state index is 4.60. The van der Waals surface area contributed by atoms with Crippen molar-refractivity contribution in [3.05, 3.63) is 11.9 Å². The monoisotopic (exact) mass is 275 g/mol. The Morgan fingerprint density at radius 3 is 2.85 bits per heavy atom. The molecule has 1 aromatic rings. The van der Waals surface area contributed by atoms with Crippen molar-refractivity contribution < 1.29 is 0 Å². The molecule has 0 spiro atoms. The molecule has 20 heavy (non-hydrogen) atoms. The lowest BCUT2D eigenvalue weighted by Crippen LogP contribution is -2.50. The Labute approximate surface area is 121 Å². The molecule has 0 aliphatic carbocycles. The zero-order chi connectivity index (χ0) is 14.1. The van der Waals surface area contributed by atoms with E-state index in [-0.39, 0.29) is 0 Å². The van der Waals surface area contributed by atoms with Crippen LogP contribution in [0.2, 0.25) is 0 Å². The molecule has 1 aromatic heterocycles. The molecule has 110 valence electrons. The third-order valence-corrected chi connectivity index (χ3v) is 4.56. The van der Waals surface area contributed by atoms with Crippen molar-refractivity contribution in [3.63, 3.8) is 0 Å². The fraction of sp³-hybridized carbons (Fsp3) is 0.733. The average Bonchev–Trinajstić information content (AvgIpc) is 2.93. The van der Waals surface area contributed by atoms with E-state index in [1.807, 2.05) is 7.05 Å². The molecule has 3 heterocycles. The molecule has 2 aliphatic rings. The number of anilines is 2. The van der Waals surface area contributed by atoms with Gasteiger partial charge in [-0.2, -0.15) is 0 Å². The summed E-state index contributed by atoms with van der Waals surface area (Å²) in [7, 11) is 1.94. The van der Waals surface area contributed by atoms with E-state index in [1.165, 1.54) is 31.5 Å². The molecule has 0 radical (unpaired) electrons. The second-order valence-electron chi connectivity index (χ2n) is 6.14. The Bertz CT molecular complexity index is 473. The molecule has 5 heteroatoms. The van der Waals surface area contributed by atoms with E-state index >= 15 is 0 Å². The number of rotatable bonds is 3. The van der Waals surface area contributed by atoms with Gasteiger partial charge in [-0.3, -0.25) is 4.90 Å². The maximum absolute atomic E-state index is 4.60. The van der Waals surface area contributed by atoms with Crippen LogP contribution in [0.15, 0.2) is 6.33 Å². The zero-order valence-corrected chi connectivity index (χ0v) is 12.8. The minimum absolute atomic E-state index is 0.426. The van der Waals surface area contributed by atoms with E-state index in [1.54, 1.807) is 6.33 Å². The molecular formula is C15H25N5. The maximum Gasteiger partial charge on any atom is 0.137 e. The van der Waals surface area contributed by atoms with E-state index in [2.05, 4.69) is 38.9 Å². The van der Waals surface area contributed by atoms with E-state index in [4.69, 9.17) is 0 Å². The van der Waals surface area contributed by atoms with Crippen molar-refractivity contribution in [1.82, 2.24) is 14.9 Å². The topological polar surface area (TPSA) is 44.3 Å². The van der Waals surface area contributed by atoms with Gasteiger partial charge in [0.25, 0.3) is 0 Å². The molecule has 1 N–H and O–H groups in total. The minimum Gasteiger partial charge on any atom is -0.373 e. The Morgan fingerprint density at radius 1 is 1.25 bits per heavy atom. The number of aromatic nitrogens is 2. The number of nitrogens with one attached hydrogen (secondary N) is 1.